The van der Waals surface area contributed by atoms with Crippen molar-refractivity contribution in [1.82, 2.24) is 15.5 Å². The van der Waals surface area contributed by atoms with Crippen LogP contribution in [0.25, 0.3) is 0 Å². The number of amides is 2. The minimum absolute atomic E-state index is 0. The summed E-state index contributed by atoms with van der Waals surface area (Å²) < 4.78 is 0. The third-order valence-electron chi connectivity index (χ3n) is 4.51. The van der Waals surface area contributed by atoms with Gasteiger partial charge in [-0.3, -0.25) is 9.59 Å². The second kappa shape index (κ2) is 7.11. The first kappa shape index (κ1) is 16.8. The molecule has 0 saturated carbocycles. The van der Waals surface area contributed by atoms with Crippen LogP contribution in [0.4, 0.5) is 0 Å². The molecule has 2 amide bonds. The van der Waals surface area contributed by atoms with Crippen LogP contribution in [0.2, 0.25) is 0 Å². The first-order chi connectivity index (χ1) is 10.2. The van der Waals surface area contributed by atoms with E-state index in [1.807, 2.05) is 23.1 Å². The summed E-state index contributed by atoms with van der Waals surface area (Å²) in [7, 11) is 0. The molecule has 2 fully saturated rings. The smallest absolute Gasteiger partial charge is 0.242 e. The summed E-state index contributed by atoms with van der Waals surface area (Å²) >= 11 is 0. The van der Waals surface area contributed by atoms with E-state index in [2.05, 4.69) is 22.8 Å². The van der Waals surface area contributed by atoms with Crippen LogP contribution in [-0.4, -0.2) is 42.9 Å². The highest BCUT2D eigenvalue weighted by Crippen LogP contribution is 2.42. The summed E-state index contributed by atoms with van der Waals surface area (Å²) in [5, 5.41) is 6.04. The van der Waals surface area contributed by atoms with E-state index >= 15 is 0 Å². The molecular weight excluding hydrogens is 302 g/mol. The maximum atomic E-state index is 12.5. The summed E-state index contributed by atoms with van der Waals surface area (Å²) in [6, 6.07) is 10.3. The molecule has 0 unspecified atom stereocenters. The molecule has 3 rings (SSSR count). The lowest BCUT2D eigenvalue weighted by molar-refractivity contribution is -0.133. The molecule has 0 radical (unpaired) electrons. The Morgan fingerprint density at radius 3 is 2.68 bits per heavy atom. The van der Waals surface area contributed by atoms with Crippen LogP contribution in [0, 0.1) is 11.8 Å². The highest BCUT2D eigenvalue weighted by molar-refractivity contribution is 5.85. The molecule has 2 N–H and O–H groups in total. The standard InChI is InChI=1S/C16H21N3O2.ClH/c1-11(20)18-9-15(21)19-10-13-7-17-8-14(13)16(19)12-5-3-2-4-6-12;/h2-6,13-14,16-17H,7-10H2,1H3,(H,18,20);1H/t13-,14-,16-;/m0./s1. The van der Waals surface area contributed by atoms with Gasteiger partial charge in [0, 0.05) is 32.5 Å². The lowest BCUT2D eigenvalue weighted by Gasteiger charge is -2.28. The minimum atomic E-state index is -0.166. The summed E-state index contributed by atoms with van der Waals surface area (Å²) in [6.45, 7) is 4.22. The van der Waals surface area contributed by atoms with E-state index in [1.165, 1.54) is 12.5 Å². The van der Waals surface area contributed by atoms with Crippen molar-refractivity contribution < 1.29 is 9.59 Å². The number of hydrogen-bond donors (Lipinski definition) is 2. The van der Waals surface area contributed by atoms with E-state index in [4.69, 9.17) is 0 Å². The fraction of sp³-hybridized carbons (Fsp3) is 0.500. The van der Waals surface area contributed by atoms with Gasteiger partial charge in [-0.15, -0.1) is 12.4 Å². The normalized spacial score (nSPS) is 26.2. The predicted octanol–water partition coefficient (Wildman–Crippen LogP) is 0.963. The van der Waals surface area contributed by atoms with Gasteiger partial charge in [0.15, 0.2) is 0 Å². The van der Waals surface area contributed by atoms with E-state index < -0.39 is 0 Å². The highest BCUT2D eigenvalue weighted by Gasteiger charge is 2.46. The van der Waals surface area contributed by atoms with Crippen molar-refractivity contribution in [2.24, 2.45) is 11.8 Å². The van der Waals surface area contributed by atoms with Gasteiger partial charge in [-0.05, 0) is 11.5 Å². The molecule has 5 nitrogen and oxygen atoms in total. The summed E-state index contributed by atoms with van der Waals surface area (Å²) in [4.78, 5) is 25.4. The van der Waals surface area contributed by atoms with E-state index in [0.717, 1.165) is 19.6 Å². The number of likely N-dealkylation sites (tertiary alicyclic amines) is 1. The molecule has 0 spiro atoms. The van der Waals surface area contributed by atoms with Crippen molar-refractivity contribution in [2.45, 2.75) is 13.0 Å². The molecule has 3 atom stereocenters. The Kier molecular flexibility index (Phi) is 5.42. The molecule has 0 bridgehead atoms. The summed E-state index contributed by atoms with van der Waals surface area (Å²) in [5.74, 6) is 0.819. The van der Waals surface area contributed by atoms with Crippen LogP contribution in [0.5, 0.6) is 0 Å². The molecule has 6 heteroatoms. The number of fused-ring (bicyclic) bond motifs is 1. The Hall–Kier alpha value is -1.59. The molecule has 1 aromatic rings. The molecule has 2 aliphatic heterocycles. The molecule has 0 aromatic heterocycles. The number of nitrogens with zero attached hydrogens (tertiary/aromatic N) is 1. The number of hydrogen-bond acceptors (Lipinski definition) is 3. The van der Waals surface area contributed by atoms with Gasteiger partial charge >= 0.3 is 0 Å². The van der Waals surface area contributed by atoms with Crippen molar-refractivity contribution >= 4 is 24.2 Å². The van der Waals surface area contributed by atoms with Crippen LogP contribution in [0.15, 0.2) is 30.3 Å². The number of halogens is 1. The highest BCUT2D eigenvalue weighted by atomic mass is 35.5. The number of rotatable bonds is 3. The maximum Gasteiger partial charge on any atom is 0.242 e. The Bertz CT molecular complexity index is 537. The van der Waals surface area contributed by atoms with Gasteiger partial charge in [-0.2, -0.15) is 0 Å². The second-order valence-electron chi connectivity index (χ2n) is 5.89. The van der Waals surface area contributed by atoms with E-state index in [9.17, 15) is 9.59 Å². The summed E-state index contributed by atoms with van der Waals surface area (Å²) in [5.41, 5.74) is 1.19. The topological polar surface area (TPSA) is 61.4 Å². The van der Waals surface area contributed by atoms with Crippen molar-refractivity contribution in [1.29, 1.82) is 0 Å². The number of nitrogens with one attached hydrogen (secondary N) is 2. The molecule has 2 aliphatic rings. The monoisotopic (exact) mass is 323 g/mol. The van der Waals surface area contributed by atoms with Crippen molar-refractivity contribution in [3.8, 4) is 0 Å². The largest absolute Gasteiger partial charge is 0.347 e. The molecule has 2 saturated heterocycles. The minimum Gasteiger partial charge on any atom is -0.347 e. The van der Waals surface area contributed by atoms with Crippen LogP contribution in [-0.2, 0) is 9.59 Å². The zero-order valence-corrected chi connectivity index (χ0v) is 13.4. The average Bonchev–Trinajstić information content (AvgIpc) is 3.05. The van der Waals surface area contributed by atoms with Gasteiger partial charge in [0.1, 0.15) is 0 Å². The third-order valence-corrected chi connectivity index (χ3v) is 4.51. The number of carbonyl (C=O) groups is 2. The van der Waals surface area contributed by atoms with Gasteiger partial charge in [0.25, 0.3) is 0 Å². The first-order valence-electron chi connectivity index (χ1n) is 7.46. The molecule has 2 heterocycles. The Morgan fingerprint density at radius 1 is 1.27 bits per heavy atom. The SMILES string of the molecule is CC(=O)NCC(=O)N1C[C@@H]2CNC[C@@H]2[C@@H]1c1ccccc1.Cl. The Balaban J connectivity index is 0.00000176. The van der Waals surface area contributed by atoms with E-state index in [0.29, 0.717) is 11.8 Å². The molecule has 22 heavy (non-hydrogen) atoms. The zero-order chi connectivity index (χ0) is 14.8. The Morgan fingerprint density at radius 2 is 2.00 bits per heavy atom. The van der Waals surface area contributed by atoms with E-state index in [1.54, 1.807) is 0 Å². The Labute approximate surface area is 136 Å². The zero-order valence-electron chi connectivity index (χ0n) is 12.6. The van der Waals surface area contributed by atoms with Gasteiger partial charge in [-0.25, -0.2) is 0 Å². The molecule has 1 aromatic carbocycles. The van der Waals surface area contributed by atoms with Gasteiger partial charge in [0.05, 0.1) is 12.6 Å². The van der Waals surface area contributed by atoms with Crippen LogP contribution in [0.3, 0.4) is 0 Å². The fourth-order valence-electron chi connectivity index (χ4n) is 3.56. The molecular formula is C16H22ClN3O2. The van der Waals surface area contributed by atoms with Crippen LogP contribution in [0.1, 0.15) is 18.5 Å². The second-order valence-corrected chi connectivity index (χ2v) is 5.89. The predicted molar refractivity (Wildman–Crippen MR) is 86.7 cm³/mol. The molecule has 120 valence electrons. The van der Waals surface area contributed by atoms with Gasteiger partial charge in [-0.1, -0.05) is 30.3 Å². The van der Waals surface area contributed by atoms with Crippen LogP contribution < -0.4 is 10.6 Å². The van der Waals surface area contributed by atoms with Gasteiger partial charge < -0.3 is 15.5 Å². The van der Waals surface area contributed by atoms with E-state index in [-0.39, 0.29) is 36.8 Å². The lowest BCUT2D eigenvalue weighted by Crippen LogP contribution is -2.41. The lowest BCUT2D eigenvalue weighted by atomic mass is 9.89. The fourth-order valence-corrected chi connectivity index (χ4v) is 3.56. The first-order valence-corrected chi connectivity index (χ1v) is 7.46. The quantitative estimate of drug-likeness (QED) is 0.871. The third kappa shape index (κ3) is 3.25. The maximum absolute atomic E-state index is 12.5. The van der Waals surface area contributed by atoms with Crippen molar-refractivity contribution in [3.05, 3.63) is 35.9 Å². The molecule has 0 aliphatic carbocycles. The number of carbonyl (C=O) groups excluding carboxylic acids is 2. The van der Waals surface area contributed by atoms with Crippen molar-refractivity contribution in [3.63, 3.8) is 0 Å². The average molecular weight is 324 g/mol. The van der Waals surface area contributed by atoms with Gasteiger partial charge in [0.2, 0.25) is 11.8 Å². The van der Waals surface area contributed by atoms with Crippen LogP contribution >= 0.6 is 12.4 Å². The van der Waals surface area contributed by atoms with Crippen molar-refractivity contribution in [2.75, 3.05) is 26.2 Å². The summed E-state index contributed by atoms with van der Waals surface area (Å²) in [6.07, 6.45) is 0. The number of benzene rings is 1.